The fraction of sp³-hybridized carbons (Fsp3) is 0.600. The van der Waals surface area contributed by atoms with Gasteiger partial charge in [-0.05, 0) is 42.2 Å². The van der Waals surface area contributed by atoms with E-state index >= 15 is 0 Å². The van der Waals surface area contributed by atoms with Crippen molar-refractivity contribution in [2.24, 2.45) is 11.3 Å². The van der Waals surface area contributed by atoms with Crippen LogP contribution in [-0.4, -0.2) is 6.54 Å². The van der Waals surface area contributed by atoms with Crippen LogP contribution in [0, 0.1) is 11.3 Å². The summed E-state index contributed by atoms with van der Waals surface area (Å²) in [6, 6.07) is 8.86. The lowest BCUT2D eigenvalue weighted by atomic mass is 9.72. The molecule has 0 bridgehead atoms. The molecule has 1 N–H and O–H groups in total. The van der Waals surface area contributed by atoms with Gasteiger partial charge in [-0.15, -0.1) is 0 Å². The second kappa shape index (κ2) is 3.80. The molecule has 1 fully saturated rings. The second-order valence-corrected chi connectivity index (χ2v) is 5.67. The average molecular weight is 215 g/mol. The lowest BCUT2D eigenvalue weighted by Gasteiger charge is -2.32. The molecule has 1 heteroatoms. The molecule has 1 aliphatic carbocycles. The zero-order valence-corrected chi connectivity index (χ0v) is 10.1. The summed E-state index contributed by atoms with van der Waals surface area (Å²) in [6.45, 7) is 3.61. The van der Waals surface area contributed by atoms with Crippen LogP contribution >= 0.6 is 0 Å². The lowest BCUT2D eigenvalue weighted by Crippen LogP contribution is -2.27. The van der Waals surface area contributed by atoms with E-state index < -0.39 is 0 Å². The predicted octanol–water partition coefficient (Wildman–Crippen LogP) is 3.85. The van der Waals surface area contributed by atoms with Crippen LogP contribution in [0.3, 0.4) is 0 Å². The average Bonchev–Trinajstić information content (AvgIpc) is 2.54. The summed E-state index contributed by atoms with van der Waals surface area (Å²) < 4.78 is 0. The summed E-state index contributed by atoms with van der Waals surface area (Å²) in [6.07, 6.45) is 6.94. The first-order valence-corrected chi connectivity index (χ1v) is 6.62. The first-order chi connectivity index (χ1) is 7.80. The molecular formula is C15H21N. The molecule has 1 nitrogen and oxygen atoms in total. The molecule has 3 rings (SSSR count). The van der Waals surface area contributed by atoms with Crippen LogP contribution in [0.5, 0.6) is 0 Å². The van der Waals surface area contributed by atoms with E-state index in [1.165, 1.54) is 43.4 Å². The third-order valence-corrected chi connectivity index (χ3v) is 4.86. The Balaban J connectivity index is 1.96. The fourth-order valence-corrected chi connectivity index (χ4v) is 3.71. The van der Waals surface area contributed by atoms with Crippen molar-refractivity contribution < 1.29 is 0 Å². The van der Waals surface area contributed by atoms with Gasteiger partial charge in [0.25, 0.3) is 0 Å². The molecule has 0 aromatic heterocycles. The summed E-state index contributed by atoms with van der Waals surface area (Å²) in [5, 5.41) is 3.60. The second-order valence-electron chi connectivity index (χ2n) is 5.67. The SMILES string of the molecule is CC1CCCC12CCNc1ccccc1C2. The summed E-state index contributed by atoms with van der Waals surface area (Å²) >= 11 is 0. The third kappa shape index (κ3) is 1.53. The Kier molecular flexibility index (Phi) is 2.42. The first kappa shape index (κ1) is 10.2. The normalized spacial score (nSPS) is 33.2. The van der Waals surface area contributed by atoms with Crippen LogP contribution in [0.15, 0.2) is 24.3 Å². The molecule has 1 heterocycles. The van der Waals surface area contributed by atoms with Crippen LogP contribution in [0.25, 0.3) is 0 Å². The monoisotopic (exact) mass is 215 g/mol. The molecule has 1 saturated carbocycles. The highest BCUT2D eigenvalue weighted by Crippen LogP contribution is 2.49. The topological polar surface area (TPSA) is 12.0 Å². The molecule has 0 radical (unpaired) electrons. The van der Waals surface area contributed by atoms with Crippen LogP contribution in [0.4, 0.5) is 5.69 Å². The van der Waals surface area contributed by atoms with Gasteiger partial charge in [-0.2, -0.15) is 0 Å². The lowest BCUT2D eigenvalue weighted by molar-refractivity contribution is 0.203. The molecule has 0 amide bonds. The third-order valence-electron chi connectivity index (χ3n) is 4.86. The quantitative estimate of drug-likeness (QED) is 0.693. The minimum Gasteiger partial charge on any atom is -0.385 e. The molecule has 2 unspecified atom stereocenters. The van der Waals surface area contributed by atoms with Crippen LogP contribution in [0.2, 0.25) is 0 Å². The molecule has 0 saturated heterocycles. The van der Waals surface area contributed by atoms with E-state index in [2.05, 4.69) is 36.5 Å². The summed E-state index contributed by atoms with van der Waals surface area (Å²) in [4.78, 5) is 0. The largest absolute Gasteiger partial charge is 0.385 e. The Labute approximate surface area is 98.3 Å². The zero-order valence-electron chi connectivity index (χ0n) is 10.1. The highest BCUT2D eigenvalue weighted by molar-refractivity contribution is 5.52. The predicted molar refractivity (Wildman–Crippen MR) is 68.7 cm³/mol. The molecule has 1 aromatic carbocycles. The minimum atomic E-state index is 0.597. The Morgan fingerprint density at radius 3 is 2.94 bits per heavy atom. The van der Waals surface area contributed by atoms with Crippen molar-refractivity contribution in [3.8, 4) is 0 Å². The number of para-hydroxylation sites is 1. The maximum absolute atomic E-state index is 3.60. The van der Waals surface area contributed by atoms with Crippen molar-refractivity contribution in [2.45, 2.75) is 39.0 Å². The number of anilines is 1. The maximum Gasteiger partial charge on any atom is 0.0372 e. The van der Waals surface area contributed by atoms with Crippen molar-refractivity contribution in [3.05, 3.63) is 29.8 Å². The minimum absolute atomic E-state index is 0.597. The maximum atomic E-state index is 3.60. The molecule has 86 valence electrons. The van der Waals surface area contributed by atoms with Gasteiger partial charge in [-0.25, -0.2) is 0 Å². The van der Waals surface area contributed by atoms with Crippen molar-refractivity contribution in [2.75, 3.05) is 11.9 Å². The highest BCUT2D eigenvalue weighted by Gasteiger charge is 2.40. The number of nitrogens with one attached hydrogen (secondary N) is 1. The van der Waals surface area contributed by atoms with Crippen LogP contribution in [0.1, 0.15) is 38.2 Å². The molecule has 1 aromatic rings. The zero-order chi connectivity index (χ0) is 11.0. The van der Waals surface area contributed by atoms with E-state index in [4.69, 9.17) is 0 Å². The van der Waals surface area contributed by atoms with Gasteiger partial charge in [-0.1, -0.05) is 38.0 Å². The summed E-state index contributed by atoms with van der Waals surface area (Å²) in [7, 11) is 0. The van der Waals surface area contributed by atoms with Gasteiger partial charge < -0.3 is 5.32 Å². The highest BCUT2D eigenvalue weighted by atomic mass is 14.9. The molecule has 16 heavy (non-hydrogen) atoms. The Hall–Kier alpha value is -0.980. The van der Waals surface area contributed by atoms with Crippen LogP contribution in [-0.2, 0) is 6.42 Å². The molecular weight excluding hydrogens is 194 g/mol. The Bertz CT molecular complexity index is 385. The number of benzene rings is 1. The number of hydrogen-bond acceptors (Lipinski definition) is 1. The van der Waals surface area contributed by atoms with E-state index in [9.17, 15) is 0 Å². The van der Waals surface area contributed by atoms with Crippen molar-refractivity contribution >= 4 is 5.69 Å². The smallest absolute Gasteiger partial charge is 0.0372 e. The van der Waals surface area contributed by atoms with E-state index in [0.717, 1.165) is 12.5 Å². The van der Waals surface area contributed by atoms with E-state index in [0.29, 0.717) is 5.41 Å². The van der Waals surface area contributed by atoms with E-state index in [-0.39, 0.29) is 0 Å². The Morgan fingerprint density at radius 1 is 1.25 bits per heavy atom. The number of fused-ring (bicyclic) bond motifs is 1. The van der Waals surface area contributed by atoms with Gasteiger partial charge in [0.1, 0.15) is 0 Å². The molecule has 2 atom stereocenters. The van der Waals surface area contributed by atoms with E-state index in [1.807, 2.05) is 0 Å². The van der Waals surface area contributed by atoms with Crippen LogP contribution < -0.4 is 5.32 Å². The fourth-order valence-electron chi connectivity index (χ4n) is 3.71. The summed E-state index contributed by atoms with van der Waals surface area (Å²) in [5.74, 6) is 0.903. The first-order valence-electron chi connectivity index (χ1n) is 6.62. The van der Waals surface area contributed by atoms with Crippen molar-refractivity contribution in [1.29, 1.82) is 0 Å². The number of hydrogen-bond donors (Lipinski definition) is 1. The van der Waals surface area contributed by atoms with Gasteiger partial charge in [0, 0.05) is 12.2 Å². The van der Waals surface area contributed by atoms with Crippen molar-refractivity contribution in [1.82, 2.24) is 0 Å². The molecule has 1 spiro atoms. The van der Waals surface area contributed by atoms with Gasteiger partial charge in [-0.3, -0.25) is 0 Å². The van der Waals surface area contributed by atoms with Gasteiger partial charge in [0.2, 0.25) is 0 Å². The number of rotatable bonds is 0. The Morgan fingerprint density at radius 2 is 2.12 bits per heavy atom. The molecule has 2 aliphatic rings. The van der Waals surface area contributed by atoms with Crippen molar-refractivity contribution in [3.63, 3.8) is 0 Å². The summed E-state index contributed by atoms with van der Waals surface area (Å²) in [5.41, 5.74) is 3.51. The standard InChI is InChI=1S/C15H21N/c1-12-5-4-8-15(12)9-10-16-14-7-3-2-6-13(14)11-15/h2-3,6-7,12,16H,4-5,8-11H2,1H3. The van der Waals surface area contributed by atoms with Gasteiger partial charge in [0.15, 0.2) is 0 Å². The van der Waals surface area contributed by atoms with E-state index in [1.54, 1.807) is 0 Å². The van der Waals surface area contributed by atoms with Gasteiger partial charge in [0.05, 0.1) is 0 Å². The molecule has 1 aliphatic heterocycles. The van der Waals surface area contributed by atoms with Gasteiger partial charge >= 0.3 is 0 Å².